The van der Waals surface area contributed by atoms with Crippen LogP contribution in [-0.4, -0.2) is 38.4 Å². The van der Waals surface area contributed by atoms with Crippen molar-refractivity contribution in [3.05, 3.63) is 47.7 Å². The van der Waals surface area contributed by atoms with E-state index in [9.17, 15) is 4.79 Å². The highest BCUT2D eigenvalue weighted by Crippen LogP contribution is 2.35. The maximum absolute atomic E-state index is 11.3. The van der Waals surface area contributed by atoms with Crippen LogP contribution >= 0.6 is 0 Å². The predicted molar refractivity (Wildman–Crippen MR) is 89.0 cm³/mol. The summed E-state index contributed by atoms with van der Waals surface area (Å²) in [4.78, 5) is 15.5. The molecule has 24 heavy (non-hydrogen) atoms. The Balaban J connectivity index is 1.92. The lowest BCUT2D eigenvalue weighted by Gasteiger charge is -2.27. The third-order valence-corrected chi connectivity index (χ3v) is 4.09. The van der Waals surface area contributed by atoms with Crippen molar-refractivity contribution < 1.29 is 19.0 Å². The van der Waals surface area contributed by atoms with Crippen molar-refractivity contribution in [1.82, 2.24) is 10.3 Å². The zero-order valence-electron chi connectivity index (χ0n) is 13.7. The Morgan fingerprint density at radius 3 is 3.08 bits per heavy atom. The van der Waals surface area contributed by atoms with Crippen LogP contribution in [0.2, 0.25) is 0 Å². The Labute approximate surface area is 140 Å². The fourth-order valence-corrected chi connectivity index (χ4v) is 2.89. The van der Waals surface area contributed by atoms with Gasteiger partial charge in [-0.3, -0.25) is 0 Å². The van der Waals surface area contributed by atoms with Gasteiger partial charge in [0, 0.05) is 25.2 Å². The SMILES string of the molecule is CNC(=O)OCC1COCc2c(-c3ccnc(OC)c3)cccc21. The molecular formula is C18H20N2O4. The van der Waals surface area contributed by atoms with E-state index in [1.807, 2.05) is 18.2 Å². The lowest BCUT2D eigenvalue weighted by Crippen LogP contribution is -2.26. The molecule has 1 unspecified atom stereocenters. The molecule has 1 amide bonds. The highest BCUT2D eigenvalue weighted by molar-refractivity contribution is 5.70. The Morgan fingerprint density at radius 1 is 1.42 bits per heavy atom. The average molecular weight is 328 g/mol. The van der Waals surface area contributed by atoms with Crippen LogP contribution < -0.4 is 10.1 Å². The number of fused-ring (bicyclic) bond motifs is 1. The Bertz CT molecular complexity index is 733. The maximum atomic E-state index is 11.3. The van der Waals surface area contributed by atoms with Crippen LogP contribution in [0.5, 0.6) is 5.88 Å². The zero-order valence-corrected chi connectivity index (χ0v) is 13.7. The largest absolute Gasteiger partial charge is 0.481 e. The Morgan fingerprint density at radius 2 is 2.29 bits per heavy atom. The standard InChI is InChI=1S/C18H20N2O4/c1-19-18(21)24-10-13-9-23-11-16-14(4-3-5-15(13)16)12-6-7-20-17(8-12)22-2/h3-8,13H,9-11H2,1-2H3,(H,19,21). The number of ether oxygens (including phenoxy) is 3. The minimum absolute atomic E-state index is 0.0229. The topological polar surface area (TPSA) is 69.7 Å². The van der Waals surface area contributed by atoms with Crippen LogP contribution in [0.15, 0.2) is 36.5 Å². The summed E-state index contributed by atoms with van der Waals surface area (Å²) in [5.74, 6) is 0.594. The number of carbonyl (C=O) groups excluding carboxylic acids is 1. The summed E-state index contributed by atoms with van der Waals surface area (Å²) in [5.41, 5.74) is 4.37. The smallest absolute Gasteiger partial charge is 0.406 e. The van der Waals surface area contributed by atoms with Gasteiger partial charge in [0.15, 0.2) is 0 Å². The van der Waals surface area contributed by atoms with E-state index in [4.69, 9.17) is 14.2 Å². The number of pyridine rings is 1. The number of rotatable bonds is 4. The molecule has 6 nitrogen and oxygen atoms in total. The number of amides is 1. The van der Waals surface area contributed by atoms with Crippen molar-refractivity contribution in [2.75, 3.05) is 27.4 Å². The van der Waals surface area contributed by atoms with Gasteiger partial charge in [-0.25, -0.2) is 9.78 Å². The number of carbonyl (C=O) groups is 1. The quantitative estimate of drug-likeness (QED) is 0.934. The third-order valence-electron chi connectivity index (χ3n) is 4.09. The number of hydrogen-bond acceptors (Lipinski definition) is 5. The molecule has 1 aliphatic rings. The lowest BCUT2D eigenvalue weighted by molar-refractivity contribution is 0.0638. The first-order valence-corrected chi connectivity index (χ1v) is 7.77. The first-order valence-electron chi connectivity index (χ1n) is 7.77. The summed E-state index contributed by atoms with van der Waals surface area (Å²) < 4.78 is 16.2. The minimum Gasteiger partial charge on any atom is -0.481 e. The highest BCUT2D eigenvalue weighted by Gasteiger charge is 2.24. The van der Waals surface area contributed by atoms with E-state index in [0.29, 0.717) is 19.1 Å². The predicted octanol–water partition coefficient (Wildman–Crippen LogP) is 2.73. The molecular weight excluding hydrogens is 308 g/mol. The summed E-state index contributed by atoms with van der Waals surface area (Å²) in [6, 6.07) is 9.99. The van der Waals surface area contributed by atoms with Crippen LogP contribution in [0.1, 0.15) is 17.0 Å². The first kappa shape index (κ1) is 16.3. The second-order valence-corrected chi connectivity index (χ2v) is 5.52. The average Bonchev–Trinajstić information content (AvgIpc) is 2.65. The van der Waals surface area contributed by atoms with Gasteiger partial charge >= 0.3 is 6.09 Å². The van der Waals surface area contributed by atoms with Gasteiger partial charge in [-0.1, -0.05) is 18.2 Å². The monoisotopic (exact) mass is 328 g/mol. The molecule has 2 heterocycles. The van der Waals surface area contributed by atoms with Gasteiger partial charge in [0.05, 0.1) is 20.3 Å². The maximum Gasteiger partial charge on any atom is 0.406 e. The van der Waals surface area contributed by atoms with Crippen LogP contribution in [0.25, 0.3) is 11.1 Å². The number of aromatic nitrogens is 1. The molecule has 1 N–H and O–H groups in total. The number of methoxy groups -OCH3 is 1. The van der Waals surface area contributed by atoms with E-state index in [2.05, 4.69) is 22.4 Å². The molecule has 2 aromatic rings. The highest BCUT2D eigenvalue weighted by atomic mass is 16.5. The van der Waals surface area contributed by atoms with Gasteiger partial charge in [0.1, 0.15) is 6.61 Å². The van der Waals surface area contributed by atoms with Crippen molar-refractivity contribution in [1.29, 1.82) is 0 Å². The minimum atomic E-state index is -0.433. The van der Waals surface area contributed by atoms with Crippen molar-refractivity contribution in [3.63, 3.8) is 0 Å². The molecule has 0 radical (unpaired) electrons. The normalized spacial score (nSPS) is 16.2. The number of nitrogens with one attached hydrogen (secondary N) is 1. The summed E-state index contributed by atoms with van der Waals surface area (Å²) in [6.45, 7) is 1.36. The third kappa shape index (κ3) is 3.33. The summed E-state index contributed by atoms with van der Waals surface area (Å²) in [6.07, 6.45) is 1.29. The zero-order chi connectivity index (χ0) is 16.9. The van der Waals surface area contributed by atoms with Crippen molar-refractivity contribution in [3.8, 4) is 17.0 Å². The second kappa shape index (κ2) is 7.31. The number of nitrogens with zero attached hydrogens (tertiary/aromatic N) is 1. The molecule has 0 saturated carbocycles. The van der Waals surface area contributed by atoms with Crippen LogP contribution in [-0.2, 0) is 16.1 Å². The second-order valence-electron chi connectivity index (χ2n) is 5.52. The van der Waals surface area contributed by atoms with E-state index in [0.717, 1.165) is 22.3 Å². The van der Waals surface area contributed by atoms with Crippen molar-refractivity contribution in [2.45, 2.75) is 12.5 Å². The lowest BCUT2D eigenvalue weighted by atomic mass is 9.88. The molecule has 1 atom stereocenters. The molecule has 0 saturated heterocycles. The van der Waals surface area contributed by atoms with E-state index in [-0.39, 0.29) is 12.5 Å². The Hall–Kier alpha value is -2.60. The van der Waals surface area contributed by atoms with E-state index in [1.54, 1.807) is 20.4 Å². The molecule has 3 rings (SSSR count). The number of hydrogen-bond donors (Lipinski definition) is 1. The summed E-state index contributed by atoms with van der Waals surface area (Å²) >= 11 is 0. The fourth-order valence-electron chi connectivity index (χ4n) is 2.89. The fraction of sp³-hybridized carbons (Fsp3) is 0.333. The van der Waals surface area contributed by atoms with Gasteiger partial charge in [0.2, 0.25) is 5.88 Å². The van der Waals surface area contributed by atoms with Crippen molar-refractivity contribution in [2.24, 2.45) is 0 Å². The first-order chi connectivity index (χ1) is 11.7. The molecule has 1 aliphatic heterocycles. The van der Waals surface area contributed by atoms with Gasteiger partial charge < -0.3 is 19.5 Å². The van der Waals surface area contributed by atoms with Crippen LogP contribution in [0.4, 0.5) is 4.79 Å². The molecule has 1 aromatic heterocycles. The van der Waals surface area contributed by atoms with Gasteiger partial charge in [-0.2, -0.15) is 0 Å². The van der Waals surface area contributed by atoms with Gasteiger partial charge in [-0.15, -0.1) is 0 Å². The van der Waals surface area contributed by atoms with Gasteiger partial charge in [-0.05, 0) is 28.3 Å². The molecule has 6 heteroatoms. The van der Waals surface area contributed by atoms with E-state index < -0.39 is 6.09 Å². The van der Waals surface area contributed by atoms with Gasteiger partial charge in [0.25, 0.3) is 0 Å². The van der Waals surface area contributed by atoms with E-state index in [1.165, 1.54) is 0 Å². The summed E-state index contributed by atoms with van der Waals surface area (Å²) in [7, 11) is 3.14. The Kier molecular flexibility index (Phi) is 4.96. The van der Waals surface area contributed by atoms with Crippen LogP contribution in [0, 0.1) is 0 Å². The molecule has 1 aromatic carbocycles. The van der Waals surface area contributed by atoms with Crippen molar-refractivity contribution >= 4 is 6.09 Å². The molecule has 0 spiro atoms. The number of alkyl carbamates (subject to hydrolysis) is 1. The molecule has 0 aliphatic carbocycles. The number of benzene rings is 1. The molecule has 126 valence electrons. The van der Waals surface area contributed by atoms with E-state index >= 15 is 0 Å². The molecule has 0 fully saturated rings. The molecule has 0 bridgehead atoms. The summed E-state index contributed by atoms with van der Waals surface area (Å²) in [5, 5.41) is 2.46. The van der Waals surface area contributed by atoms with Crippen LogP contribution in [0.3, 0.4) is 0 Å².